The van der Waals surface area contributed by atoms with Gasteiger partial charge in [-0.1, -0.05) is 58.0 Å². The zero-order valence-electron chi connectivity index (χ0n) is 11.5. The standard InChI is InChI=1S/C16H20N2/c1-11(2)14-10-15(13-8-6-5-7-9-13)18-16(17-14)12(3)4/h5-12H,1-4H3. The van der Waals surface area contributed by atoms with Crippen molar-refractivity contribution in [1.82, 2.24) is 9.97 Å². The lowest BCUT2D eigenvalue weighted by Crippen LogP contribution is -2.04. The Morgan fingerprint density at radius 3 is 2.06 bits per heavy atom. The average Bonchev–Trinajstić information content (AvgIpc) is 2.39. The van der Waals surface area contributed by atoms with Gasteiger partial charge in [0.2, 0.25) is 0 Å². The highest BCUT2D eigenvalue weighted by molar-refractivity contribution is 5.59. The molecule has 0 radical (unpaired) electrons. The molecule has 2 rings (SSSR count). The highest BCUT2D eigenvalue weighted by Gasteiger charge is 2.11. The molecule has 2 heteroatoms. The maximum Gasteiger partial charge on any atom is 0.131 e. The van der Waals surface area contributed by atoms with Crippen LogP contribution in [0.3, 0.4) is 0 Å². The Morgan fingerprint density at radius 1 is 0.833 bits per heavy atom. The van der Waals surface area contributed by atoms with E-state index in [1.165, 1.54) is 0 Å². The van der Waals surface area contributed by atoms with E-state index in [2.05, 4.69) is 55.9 Å². The van der Waals surface area contributed by atoms with Crippen LogP contribution < -0.4 is 0 Å². The first-order chi connectivity index (χ1) is 8.58. The SMILES string of the molecule is CC(C)c1cc(-c2ccccc2)nc(C(C)C)n1. The second-order valence-electron chi connectivity index (χ2n) is 5.21. The lowest BCUT2D eigenvalue weighted by atomic mass is 10.0. The summed E-state index contributed by atoms with van der Waals surface area (Å²) in [6.45, 7) is 8.60. The predicted molar refractivity (Wildman–Crippen MR) is 75.6 cm³/mol. The molecule has 0 N–H and O–H groups in total. The van der Waals surface area contributed by atoms with Gasteiger partial charge in [-0.05, 0) is 12.0 Å². The van der Waals surface area contributed by atoms with Crippen molar-refractivity contribution in [1.29, 1.82) is 0 Å². The van der Waals surface area contributed by atoms with Gasteiger partial charge in [0.05, 0.1) is 5.69 Å². The van der Waals surface area contributed by atoms with E-state index in [0.29, 0.717) is 11.8 Å². The Balaban J connectivity index is 2.54. The van der Waals surface area contributed by atoms with Gasteiger partial charge in [-0.2, -0.15) is 0 Å². The third kappa shape index (κ3) is 2.76. The molecule has 0 fully saturated rings. The Kier molecular flexibility index (Phi) is 3.75. The maximum absolute atomic E-state index is 4.67. The zero-order valence-corrected chi connectivity index (χ0v) is 11.5. The van der Waals surface area contributed by atoms with Gasteiger partial charge in [0.1, 0.15) is 5.82 Å². The van der Waals surface area contributed by atoms with Crippen LogP contribution in [0.5, 0.6) is 0 Å². The van der Waals surface area contributed by atoms with Gasteiger partial charge in [0, 0.05) is 17.2 Å². The van der Waals surface area contributed by atoms with E-state index in [9.17, 15) is 0 Å². The second-order valence-corrected chi connectivity index (χ2v) is 5.21. The van der Waals surface area contributed by atoms with Crippen molar-refractivity contribution < 1.29 is 0 Å². The van der Waals surface area contributed by atoms with Crippen LogP contribution in [-0.4, -0.2) is 9.97 Å². The molecule has 2 nitrogen and oxygen atoms in total. The first-order valence-corrected chi connectivity index (χ1v) is 6.52. The number of benzene rings is 1. The molecule has 0 aliphatic carbocycles. The predicted octanol–water partition coefficient (Wildman–Crippen LogP) is 4.39. The third-order valence-electron chi connectivity index (χ3n) is 2.94. The van der Waals surface area contributed by atoms with Crippen LogP contribution in [0.2, 0.25) is 0 Å². The van der Waals surface area contributed by atoms with Crippen molar-refractivity contribution in [2.24, 2.45) is 0 Å². The number of hydrogen-bond acceptors (Lipinski definition) is 2. The quantitative estimate of drug-likeness (QED) is 0.795. The number of hydrogen-bond donors (Lipinski definition) is 0. The lowest BCUT2D eigenvalue weighted by molar-refractivity contribution is 0.731. The van der Waals surface area contributed by atoms with Crippen molar-refractivity contribution in [3.63, 3.8) is 0 Å². The molecule has 0 aliphatic rings. The Bertz CT molecular complexity index is 490. The minimum Gasteiger partial charge on any atom is -0.237 e. The maximum atomic E-state index is 4.67. The molecule has 18 heavy (non-hydrogen) atoms. The van der Waals surface area contributed by atoms with Gasteiger partial charge < -0.3 is 0 Å². The summed E-state index contributed by atoms with van der Waals surface area (Å²) in [7, 11) is 0. The average molecular weight is 240 g/mol. The topological polar surface area (TPSA) is 25.8 Å². The molecule has 0 saturated heterocycles. The molecule has 2 aromatic rings. The fraction of sp³-hybridized carbons (Fsp3) is 0.375. The van der Waals surface area contributed by atoms with Crippen LogP contribution in [0, 0.1) is 0 Å². The highest BCUT2D eigenvalue weighted by Crippen LogP contribution is 2.23. The summed E-state index contributed by atoms with van der Waals surface area (Å²) in [6, 6.07) is 12.4. The van der Waals surface area contributed by atoms with E-state index >= 15 is 0 Å². The van der Waals surface area contributed by atoms with Gasteiger partial charge in [-0.15, -0.1) is 0 Å². The smallest absolute Gasteiger partial charge is 0.131 e. The highest BCUT2D eigenvalue weighted by atomic mass is 14.9. The van der Waals surface area contributed by atoms with Crippen molar-refractivity contribution >= 4 is 0 Å². The second kappa shape index (κ2) is 5.30. The fourth-order valence-electron chi connectivity index (χ4n) is 1.80. The van der Waals surface area contributed by atoms with Gasteiger partial charge in [-0.25, -0.2) is 9.97 Å². The minimum atomic E-state index is 0.353. The summed E-state index contributed by atoms with van der Waals surface area (Å²) >= 11 is 0. The Morgan fingerprint density at radius 2 is 1.50 bits per heavy atom. The molecule has 0 amide bonds. The molecule has 0 unspecified atom stereocenters. The molecule has 94 valence electrons. The van der Waals surface area contributed by atoms with Crippen LogP contribution in [0.4, 0.5) is 0 Å². The summed E-state index contributed by atoms with van der Waals surface area (Å²) in [5.41, 5.74) is 3.30. The molecule has 1 heterocycles. The number of aromatic nitrogens is 2. The van der Waals surface area contributed by atoms with E-state index < -0.39 is 0 Å². The van der Waals surface area contributed by atoms with Crippen LogP contribution >= 0.6 is 0 Å². The van der Waals surface area contributed by atoms with Gasteiger partial charge in [0.15, 0.2) is 0 Å². The lowest BCUT2D eigenvalue weighted by Gasteiger charge is -2.12. The summed E-state index contributed by atoms with van der Waals surface area (Å²) in [5.74, 6) is 1.71. The van der Waals surface area contributed by atoms with Crippen LogP contribution in [0.1, 0.15) is 51.0 Å². The molecule has 1 aromatic heterocycles. The fourth-order valence-corrected chi connectivity index (χ4v) is 1.80. The van der Waals surface area contributed by atoms with Crippen molar-refractivity contribution in [3.8, 4) is 11.3 Å². The van der Waals surface area contributed by atoms with E-state index in [4.69, 9.17) is 0 Å². The van der Waals surface area contributed by atoms with Gasteiger partial charge in [-0.3, -0.25) is 0 Å². The number of rotatable bonds is 3. The largest absolute Gasteiger partial charge is 0.237 e. The first kappa shape index (κ1) is 12.7. The van der Waals surface area contributed by atoms with Crippen molar-refractivity contribution in [2.75, 3.05) is 0 Å². The van der Waals surface area contributed by atoms with E-state index in [-0.39, 0.29) is 0 Å². The monoisotopic (exact) mass is 240 g/mol. The van der Waals surface area contributed by atoms with Crippen molar-refractivity contribution in [3.05, 3.63) is 47.9 Å². The summed E-state index contributed by atoms with van der Waals surface area (Å²) in [4.78, 5) is 9.32. The van der Waals surface area contributed by atoms with E-state index in [0.717, 1.165) is 22.8 Å². The number of nitrogens with zero attached hydrogens (tertiary/aromatic N) is 2. The Hall–Kier alpha value is -1.70. The minimum absolute atomic E-state index is 0.353. The first-order valence-electron chi connectivity index (χ1n) is 6.52. The van der Waals surface area contributed by atoms with E-state index in [1.807, 2.05) is 18.2 Å². The molecule has 0 spiro atoms. The third-order valence-corrected chi connectivity index (χ3v) is 2.94. The van der Waals surface area contributed by atoms with Crippen LogP contribution in [-0.2, 0) is 0 Å². The molecule has 1 aromatic carbocycles. The molecular formula is C16H20N2. The van der Waals surface area contributed by atoms with Gasteiger partial charge >= 0.3 is 0 Å². The van der Waals surface area contributed by atoms with Crippen LogP contribution in [0.25, 0.3) is 11.3 Å². The van der Waals surface area contributed by atoms with Gasteiger partial charge in [0.25, 0.3) is 0 Å². The van der Waals surface area contributed by atoms with E-state index in [1.54, 1.807) is 0 Å². The molecule has 0 bridgehead atoms. The Labute approximate surface area is 109 Å². The molecular weight excluding hydrogens is 220 g/mol. The molecule has 0 aliphatic heterocycles. The summed E-state index contributed by atoms with van der Waals surface area (Å²) in [6.07, 6.45) is 0. The summed E-state index contributed by atoms with van der Waals surface area (Å²) < 4.78 is 0. The van der Waals surface area contributed by atoms with Crippen LogP contribution in [0.15, 0.2) is 36.4 Å². The normalized spacial score (nSPS) is 11.2. The molecule has 0 saturated carbocycles. The molecule has 0 atom stereocenters. The summed E-state index contributed by atoms with van der Waals surface area (Å²) in [5, 5.41) is 0. The van der Waals surface area contributed by atoms with Crippen molar-refractivity contribution in [2.45, 2.75) is 39.5 Å². The zero-order chi connectivity index (χ0) is 13.1.